The van der Waals surface area contributed by atoms with E-state index in [4.69, 9.17) is 4.74 Å². The number of aromatic hydroxyl groups is 1. The minimum Gasteiger partial charge on any atom is -0.508 e. The van der Waals surface area contributed by atoms with Crippen LogP contribution >= 0.6 is 0 Å². The van der Waals surface area contributed by atoms with Crippen LogP contribution in [-0.2, 0) is 6.54 Å². The SMILES string of the molecule is COc1cccc(/C=C/C(=O)c2ccc(O)c(CN3CCCCC3)c2)c1OC(F)F. The van der Waals surface area contributed by atoms with Crippen molar-refractivity contribution in [1.29, 1.82) is 0 Å². The summed E-state index contributed by atoms with van der Waals surface area (Å²) in [4.78, 5) is 14.9. The number of carbonyl (C=O) groups is 1. The van der Waals surface area contributed by atoms with Gasteiger partial charge in [0.25, 0.3) is 0 Å². The van der Waals surface area contributed by atoms with Gasteiger partial charge in [-0.05, 0) is 62.3 Å². The lowest BCUT2D eigenvalue weighted by molar-refractivity contribution is -0.0513. The highest BCUT2D eigenvalue weighted by Crippen LogP contribution is 2.33. The monoisotopic (exact) mass is 417 g/mol. The second-order valence-corrected chi connectivity index (χ2v) is 7.14. The molecule has 0 aromatic heterocycles. The van der Waals surface area contributed by atoms with Crippen LogP contribution in [0.3, 0.4) is 0 Å². The van der Waals surface area contributed by atoms with E-state index in [1.807, 2.05) is 0 Å². The van der Waals surface area contributed by atoms with Crippen molar-refractivity contribution in [3.8, 4) is 17.2 Å². The fourth-order valence-electron chi connectivity index (χ4n) is 3.53. The van der Waals surface area contributed by atoms with Gasteiger partial charge in [0, 0.05) is 23.2 Å². The Hall–Kier alpha value is -2.93. The number of phenols is 1. The van der Waals surface area contributed by atoms with Crippen molar-refractivity contribution in [2.45, 2.75) is 32.4 Å². The van der Waals surface area contributed by atoms with Crippen LogP contribution in [-0.4, -0.2) is 42.6 Å². The van der Waals surface area contributed by atoms with Crippen LogP contribution < -0.4 is 9.47 Å². The van der Waals surface area contributed by atoms with Crippen molar-refractivity contribution < 1.29 is 28.2 Å². The largest absolute Gasteiger partial charge is 0.508 e. The standard InChI is InChI=1S/C23H25F2NO4/c1-29-21-7-5-6-16(22(21)30-23(24)25)8-10-19(27)17-9-11-20(28)18(14-17)15-26-12-3-2-4-13-26/h5-11,14,23,28H,2-4,12-13,15H2,1H3/b10-8+. The second kappa shape index (κ2) is 10.2. The number of carbonyl (C=O) groups excluding carboxylic acids is 1. The molecule has 1 N–H and O–H groups in total. The topological polar surface area (TPSA) is 59.0 Å². The first kappa shape index (κ1) is 21.8. The minimum atomic E-state index is -3.02. The van der Waals surface area contributed by atoms with E-state index in [0.717, 1.165) is 25.9 Å². The minimum absolute atomic E-state index is 0.129. The summed E-state index contributed by atoms with van der Waals surface area (Å²) in [5.41, 5.74) is 1.41. The second-order valence-electron chi connectivity index (χ2n) is 7.14. The molecule has 1 heterocycles. The van der Waals surface area contributed by atoms with Crippen molar-refractivity contribution in [2.24, 2.45) is 0 Å². The van der Waals surface area contributed by atoms with Crippen molar-refractivity contribution in [3.05, 3.63) is 59.2 Å². The van der Waals surface area contributed by atoms with Gasteiger partial charge in [0.05, 0.1) is 7.11 Å². The van der Waals surface area contributed by atoms with Crippen LogP contribution in [0.5, 0.6) is 17.2 Å². The first-order chi connectivity index (χ1) is 14.5. The van der Waals surface area contributed by atoms with Crippen LogP contribution in [0.1, 0.15) is 40.7 Å². The Morgan fingerprint density at radius 3 is 2.67 bits per heavy atom. The lowest BCUT2D eigenvalue weighted by Gasteiger charge is -2.26. The number of ether oxygens (including phenoxy) is 2. The molecule has 0 spiro atoms. The van der Waals surface area contributed by atoms with Gasteiger partial charge in [-0.3, -0.25) is 9.69 Å². The maximum atomic E-state index is 12.8. The number of halogens is 2. The van der Waals surface area contributed by atoms with Crippen LogP contribution in [0, 0.1) is 0 Å². The number of alkyl halides is 2. The quantitative estimate of drug-likeness (QED) is 0.490. The number of hydrogen-bond acceptors (Lipinski definition) is 5. The molecule has 1 aliphatic rings. The molecule has 0 aliphatic carbocycles. The number of nitrogens with zero attached hydrogens (tertiary/aromatic N) is 1. The average Bonchev–Trinajstić information content (AvgIpc) is 2.74. The molecule has 30 heavy (non-hydrogen) atoms. The number of rotatable bonds is 8. The molecule has 0 unspecified atom stereocenters. The lowest BCUT2D eigenvalue weighted by atomic mass is 10.0. The van der Waals surface area contributed by atoms with Gasteiger partial charge in [-0.15, -0.1) is 0 Å². The summed E-state index contributed by atoms with van der Waals surface area (Å²) in [6, 6.07) is 9.42. The molecular formula is C23H25F2NO4. The van der Waals surface area contributed by atoms with Gasteiger partial charge in [-0.1, -0.05) is 18.6 Å². The molecular weight excluding hydrogens is 392 g/mol. The Bertz CT molecular complexity index is 908. The number of piperidine rings is 1. The number of hydrogen-bond donors (Lipinski definition) is 1. The van der Waals surface area contributed by atoms with Crippen LogP contribution in [0.15, 0.2) is 42.5 Å². The molecule has 2 aromatic rings. The molecule has 5 nitrogen and oxygen atoms in total. The summed E-state index contributed by atoms with van der Waals surface area (Å²) in [5.74, 6) is -0.129. The first-order valence-electron chi connectivity index (χ1n) is 9.86. The molecule has 3 rings (SSSR count). The molecule has 1 saturated heterocycles. The first-order valence-corrected chi connectivity index (χ1v) is 9.86. The summed E-state index contributed by atoms with van der Waals surface area (Å²) in [6.45, 7) is -0.488. The van der Waals surface area contributed by atoms with Crippen molar-refractivity contribution in [3.63, 3.8) is 0 Å². The third-order valence-electron chi connectivity index (χ3n) is 5.06. The highest BCUT2D eigenvalue weighted by molar-refractivity contribution is 6.07. The molecule has 0 saturated carbocycles. The third kappa shape index (κ3) is 5.57. The zero-order valence-corrected chi connectivity index (χ0v) is 16.8. The molecule has 7 heteroatoms. The van der Waals surface area contributed by atoms with Gasteiger partial charge in [0.2, 0.25) is 0 Å². The molecule has 0 bridgehead atoms. The molecule has 1 aliphatic heterocycles. The Morgan fingerprint density at radius 1 is 1.20 bits per heavy atom. The number of phenolic OH excluding ortho intramolecular Hbond substituents is 1. The Labute approximate surface area is 174 Å². The predicted molar refractivity (Wildman–Crippen MR) is 110 cm³/mol. The fraction of sp³-hybridized carbons (Fsp3) is 0.348. The lowest BCUT2D eigenvalue weighted by Crippen LogP contribution is -2.29. The smallest absolute Gasteiger partial charge is 0.387 e. The Morgan fingerprint density at radius 2 is 1.97 bits per heavy atom. The fourth-order valence-corrected chi connectivity index (χ4v) is 3.53. The normalized spacial score (nSPS) is 14.9. The predicted octanol–water partition coefficient (Wildman–Crippen LogP) is 4.88. The van der Waals surface area contributed by atoms with E-state index in [2.05, 4.69) is 9.64 Å². The van der Waals surface area contributed by atoms with Crippen LogP contribution in [0.4, 0.5) is 8.78 Å². The van der Waals surface area contributed by atoms with E-state index >= 15 is 0 Å². The van der Waals surface area contributed by atoms with Crippen LogP contribution in [0.25, 0.3) is 6.08 Å². The molecule has 0 atom stereocenters. The van der Waals surface area contributed by atoms with E-state index in [0.29, 0.717) is 23.2 Å². The van der Waals surface area contributed by atoms with Gasteiger partial charge in [0.15, 0.2) is 17.3 Å². The number of allylic oxidation sites excluding steroid dienone is 1. The average molecular weight is 417 g/mol. The van der Waals surface area contributed by atoms with Crippen molar-refractivity contribution in [1.82, 2.24) is 4.90 Å². The number of likely N-dealkylation sites (tertiary alicyclic amines) is 1. The maximum Gasteiger partial charge on any atom is 0.387 e. The number of methoxy groups -OCH3 is 1. The molecule has 0 radical (unpaired) electrons. The van der Waals surface area contributed by atoms with Gasteiger partial charge >= 0.3 is 6.61 Å². The Kier molecular flexibility index (Phi) is 7.41. The summed E-state index contributed by atoms with van der Waals surface area (Å²) in [5, 5.41) is 10.2. The highest BCUT2D eigenvalue weighted by atomic mass is 19.3. The van der Waals surface area contributed by atoms with Gasteiger partial charge in [-0.25, -0.2) is 0 Å². The number of para-hydroxylation sites is 1. The molecule has 0 amide bonds. The van der Waals surface area contributed by atoms with E-state index in [1.54, 1.807) is 24.3 Å². The summed E-state index contributed by atoms with van der Waals surface area (Å²) in [6.07, 6.45) is 6.19. The van der Waals surface area contributed by atoms with E-state index in [-0.39, 0.29) is 23.0 Å². The van der Waals surface area contributed by atoms with Crippen LogP contribution in [0.2, 0.25) is 0 Å². The summed E-state index contributed by atoms with van der Waals surface area (Å²) in [7, 11) is 1.35. The third-order valence-corrected chi connectivity index (χ3v) is 5.06. The van der Waals surface area contributed by atoms with E-state index in [1.165, 1.54) is 37.8 Å². The number of benzene rings is 2. The van der Waals surface area contributed by atoms with Gasteiger partial charge in [-0.2, -0.15) is 8.78 Å². The van der Waals surface area contributed by atoms with Gasteiger partial charge in [0.1, 0.15) is 5.75 Å². The summed E-state index contributed by atoms with van der Waals surface area (Å²) >= 11 is 0. The molecule has 160 valence electrons. The zero-order valence-electron chi connectivity index (χ0n) is 16.8. The van der Waals surface area contributed by atoms with E-state index < -0.39 is 6.61 Å². The highest BCUT2D eigenvalue weighted by Gasteiger charge is 2.16. The van der Waals surface area contributed by atoms with Gasteiger partial charge < -0.3 is 14.6 Å². The van der Waals surface area contributed by atoms with Crippen molar-refractivity contribution in [2.75, 3.05) is 20.2 Å². The summed E-state index contributed by atoms with van der Waals surface area (Å²) < 4.78 is 35.2. The van der Waals surface area contributed by atoms with Crippen molar-refractivity contribution >= 4 is 11.9 Å². The Balaban J connectivity index is 1.79. The zero-order chi connectivity index (χ0) is 21.5. The number of ketones is 1. The molecule has 2 aromatic carbocycles. The van der Waals surface area contributed by atoms with E-state index in [9.17, 15) is 18.7 Å². The molecule has 1 fully saturated rings. The maximum absolute atomic E-state index is 12.8.